The molecule has 0 saturated carbocycles. The summed E-state index contributed by atoms with van der Waals surface area (Å²) in [6.07, 6.45) is -13.4. The molecule has 1 aromatic rings. The maximum absolute atomic E-state index is 12.3. The number of nitrogens with one attached hydrogen (secondary N) is 1. The molecule has 15 heteroatoms. The molecular weight excluding hydrogens is 476 g/mol. The molecular formula is C20H28N2O13. The third-order valence-corrected chi connectivity index (χ3v) is 6.32. The number of benzene rings is 1. The lowest BCUT2D eigenvalue weighted by atomic mass is 9.63. The van der Waals surface area contributed by atoms with Gasteiger partial charge in [0.2, 0.25) is 12.2 Å². The molecule has 0 spiro atoms. The van der Waals surface area contributed by atoms with E-state index in [9.17, 15) is 50.7 Å². The van der Waals surface area contributed by atoms with Crippen molar-refractivity contribution in [2.75, 3.05) is 19.8 Å². The second-order valence-electron chi connectivity index (χ2n) is 8.38. The van der Waals surface area contributed by atoms with Crippen molar-refractivity contribution in [1.29, 1.82) is 0 Å². The second kappa shape index (κ2) is 10.3. The van der Waals surface area contributed by atoms with Gasteiger partial charge in [-0.2, -0.15) is 0 Å². The molecule has 2 fully saturated rings. The Hall–Kier alpha value is -2.47. The van der Waals surface area contributed by atoms with Gasteiger partial charge >= 0.3 is 0 Å². The van der Waals surface area contributed by atoms with Crippen LogP contribution in [0.2, 0.25) is 0 Å². The van der Waals surface area contributed by atoms with E-state index < -0.39 is 84.7 Å². The highest BCUT2D eigenvalue weighted by Crippen LogP contribution is 2.45. The number of hydrogen-bond acceptors (Lipinski definition) is 13. The van der Waals surface area contributed by atoms with Crippen molar-refractivity contribution in [3.05, 3.63) is 34.4 Å². The minimum Gasteiger partial charge on any atom is -0.462 e. The third kappa shape index (κ3) is 4.46. The lowest BCUT2D eigenvalue weighted by Gasteiger charge is -2.61. The van der Waals surface area contributed by atoms with Gasteiger partial charge in [-0.1, -0.05) is 0 Å². The van der Waals surface area contributed by atoms with Crippen LogP contribution >= 0.6 is 0 Å². The molecule has 2 aliphatic heterocycles. The highest BCUT2D eigenvalue weighted by molar-refractivity contribution is 5.74. The molecule has 1 aromatic carbocycles. The normalized spacial score (nSPS) is 39.6. The van der Waals surface area contributed by atoms with Crippen LogP contribution in [-0.2, 0) is 14.3 Å². The molecule has 2 heterocycles. The van der Waals surface area contributed by atoms with E-state index in [1.807, 2.05) is 0 Å². The van der Waals surface area contributed by atoms with Gasteiger partial charge in [0, 0.05) is 19.1 Å². The molecule has 3 rings (SSSR count). The zero-order chi connectivity index (χ0) is 26.1. The Balaban J connectivity index is 2.19. The van der Waals surface area contributed by atoms with E-state index in [1.165, 1.54) is 0 Å². The van der Waals surface area contributed by atoms with Crippen molar-refractivity contribution in [3.63, 3.8) is 0 Å². The summed E-state index contributed by atoms with van der Waals surface area (Å²) in [6, 6.07) is 4.43. The van der Waals surface area contributed by atoms with Crippen LogP contribution in [0.15, 0.2) is 24.3 Å². The van der Waals surface area contributed by atoms with Crippen LogP contribution in [0, 0.1) is 10.1 Å². The van der Waals surface area contributed by atoms with Crippen LogP contribution in [0.25, 0.3) is 0 Å². The number of carbonyl (C=O) groups is 1. The van der Waals surface area contributed by atoms with E-state index in [4.69, 9.17) is 14.2 Å². The summed E-state index contributed by atoms with van der Waals surface area (Å²) in [5, 5.41) is 87.7. The fourth-order valence-corrected chi connectivity index (χ4v) is 4.54. The lowest BCUT2D eigenvalue weighted by Crippen LogP contribution is -2.89. The van der Waals surface area contributed by atoms with Gasteiger partial charge in [0.05, 0.1) is 24.7 Å². The largest absolute Gasteiger partial charge is 0.462 e. The van der Waals surface area contributed by atoms with Crippen LogP contribution in [-0.4, -0.2) is 120 Å². The first kappa shape index (κ1) is 27.1. The van der Waals surface area contributed by atoms with Crippen molar-refractivity contribution >= 4 is 11.6 Å². The second-order valence-corrected chi connectivity index (χ2v) is 8.38. The molecule has 35 heavy (non-hydrogen) atoms. The maximum Gasteiger partial charge on any atom is 0.269 e. The third-order valence-electron chi connectivity index (χ3n) is 6.32. The van der Waals surface area contributed by atoms with Gasteiger partial charge in [-0.3, -0.25) is 14.9 Å². The fourth-order valence-electron chi connectivity index (χ4n) is 4.54. The number of nitrogens with zero attached hydrogens (tertiary/aromatic N) is 1. The number of hydrogen-bond donors (Lipinski definition) is 8. The number of non-ortho nitro benzene ring substituents is 1. The Morgan fingerprint density at radius 2 is 1.74 bits per heavy atom. The number of nitro groups is 1. The number of rotatable bonds is 7. The van der Waals surface area contributed by atoms with Crippen LogP contribution in [0.1, 0.15) is 6.92 Å². The van der Waals surface area contributed by atoms with Gasteiger partial charge in [0.1, 0.15) is 42.4 Å². The van der Waals surface area contributed by atoms with Crippen LogP contribution in [0.4, 0.5) is 5.69 Å². The van der Waals surface area contributed by atoms with Crippen molar-refractivity contribution in [2.24, 2.45) is 0 Å². The molecule has 0 radical (unpaired) electrons. The molecule has 0 aromatic heterocycles. The minimum atomic E-state index is -2.96. The van der Waals surface area contributed by atoms with Gasteiger partial charge in [0.15, 0.2) is 11.1 Å². The monoisotopic (exact) mass is 504 g/mol. The average Bonchev–Trinajstić information content (AvgIpc) is 2.82. The molecule has 2 saturated heterocycles. The van der Waals surface area contributed by atoms with E-state index >= 15 is 0 Å². The number of nitro benzene ring substituents is 1. The number of aliphatic hydroxyl groups is 7. The van der Waals surface area contributed by atoms with E-state index in [-0.39, 0.29) is 11.4 Å². The Kier molecular flexibility index (Phi) is 7.95. The van der Waals surface area contributed by atoms with E-state index in [0.29, 0.717) is 0 Å². The smallest absolute Gasteiger partial charge is 0.269 e. The van der Waals surface area contributed by atoms with Crippen molar-refractivity contribution in [1.82, 2.24) is 5.32 Å². The van der Waals surface area contributed by atoms with Gasteiger partial charge in [-0.05, 0) is 12.1 Å². The first-order valence-corrected chi connectivity index (χ1v) is 10.6. The number of carbonyl (C=O) groups excluding carboxylic acids is 1. The molecule has 1 amide bonds. The summed E-state index contributed by atoms with van der Waals surface area (Å²) in [6.45, 7) is -1.37. The predicted molar refractivity (Wildman–Crippen MR) is 112 cm³/mol. The standard InChI is InChI=1S/C20H28N2O13/c1-9(25)21-19(20(30)14(26)8-33-13(7-24)16(20)28)17(29)15(27)12(6-23)35-18(19)34-11-4-2-10(3-5-11)22(31)32/h2-5,12-18,23-24,26-30H,6-8H2,1H3,(H,21,25)/t12-,13-,14+,15+,16+,17+,18+,19-,20+/m1/s1. The van der Waals surface area contributed by atoms with E-state index in [2.05, 4.69) is 5.32 Å². The first-order chi connectivity index (χ1) is 16.4. The number of aliphatic hydroxyl groups excluding tert-OH is 6. The molecule has 9 atom stereocenters. The minimum absolute atomic E-state index is 0.131. The summed E-state index contributed by atoms with van der Waals surface area (Å²) in [5.41, 5.74) is -5.98. The fraction of sp³-hybridized carbons (Fsp3) is 0.650. The molecule has 8 N–H and O–H groups in total. The quantitative estimate of drug-likeness (QED) is 0.131. The summed E-state index contributed by atoms with van der Waals surface area (Å²) in [4.78, 5) is 22.6. The van der Waals surface area contributed by atoms with Gasteiger partial charge < -0.3 is 55.3 Å². The molecule has 0 unspecified atom stereocenters. The van der Waals surface area contributed by atoms with Crippen LogP contribution in [0.3, 0.4) is 0 Å². The Bertz CT molecular complexity index is 917. The topological polar surface area (TPSA) is 242 Å². The lowest BCUT2D eigenvalue weighted by molar-refractivity contribution is -0.384. The predicted octanol–water partition coefficient (Wildman–Crippen LogP) is -3.87. The highest BCUT2D eigenvalue weighted by Gasteiger charge is 2.74. The van der Waals surface area contributed by atoms with Crippen LogP contribution in [0.5, 0.6) is 5.75 Å². The molecule has 0 aliphatic carbocycles. The van der Waals surface area contributed by atoms with E-state index in [1.54, 1.807) is 0 Å². The SMILES string of the molecule is CC(=O)N[C@@]1([C@]2(O)[C@@H](O)CO[C@H](CO)[C@@H]2O)[C@@H](Oc2ccc([N+](=O)[O-])cc2)O[C@H](CO)[C@H](O)[C@@H]1O. The molecule has 15 nitrogen and oxygen atoms in total. The summed E-state index contributed by atoms with van der Waals surface area (Å²) >= 11 is 0. The maximum atomic E-state index is 12.3. The average molecular weight is 504 g/mol. The van der Waals surface area contributed by atoms with Crippen molar-refractivity contribution in [3.8, 4) is 5.75 Å². The first-order valence-electron chi connectivity index (χ1n) is 10.6. The zero-order valence-electron chi connectivity index (χ0n) is 18.5. The zero-order valence-corrected chi connectivity index (χ0v) is 18.5. The van der Waals surface area contributed by atoms with Gasteiger partial charge in [0.25, 0.3) is 5.69 Å². The van der Waals surface area contributed by atoms with Crippen molar-refractivity contribution in [2.45, 2.75) is 61.0 Å². The Morgan fingerprint density at radius 1 is 1.14 bits per heavy atom. The number of ether oxygens (including phenoxy) is 3. The summed E-state index contributed by atoms with van der Waals surface area (Å²) < 4.78 is 16.4. The van der Waals surface area contributed by atoms with E-state index in [0.717, 1.165) is 31.2 Å². The van der Waals surface area contributed by atoms with Gasteiger partial charge in [-0.25, -0.2) is 0 Å². The number of amides is 1. The molecule has 196 valence electrons. The molecule has 2 aliphatic rings. The van der Waals surface area contributed by atoms with Gasteiger partial charge in [-0.15, -0.1) is 0 Å². The van der Waals surface area contributed by atoms with Crippen LogP contribution < -0.4 is 10.1 Å². The highest BCUT2D eigenvalue weighted by atomic mass is 16.7. The summed E-state index contributed by atoms with van der Waals surface area (Å²) in [5.74, 6) is -1.05. The molecule has 0 bridgehead atoms. The summed E-state index contributed by atoms with van der Waals surface area (Å²) in [7, 11) is 0. The van der Waals surface area contributed by atoms with Crippen molar-refractivity contribution < 1.29 is 59.7 Å². The Labute approximate surface area is 198 Å². The Morgan fingerprint density at radius 3 is 2.26 bits per heavy atom.